The van der Waals surface area contributed by atoms with E-state index < -0.39 is 16.8 Å². The van der Waals surface area contributed by atoms with Crippen LogP contribution in [0.25, 0.3) is 0 Å². The standard InChI is InChI=1S/C20H38O3S/c1-5-9-13-19(17(21)22,14-10-6-2)20(18(23)24,15-11-7-3)16-12-8-4/h5-16H2,1-4H3,(H,21,22)(H,23,24). The summed E-state index contributed by atoms with van der Waals surface area (Å²) in [5.41, 5.74) is -1.81. The van der Waals surface area contributed by atoms with Crippen LogP contribution in [0.15, 0.2) is 0 Å². The van der Waals surface area contributed by atoms with Crippen LogP contribution in [-0.2, 0) is 9.59 Å². The lowest BCUT2D eigenvalue weighted by molar-refractivity contribution is -0.166. The highest BCUT2D eigenvalue weighted by Crippen LogP contribution is 2.55. The minimum Gasteiger partial charge on any atom is -0.481 e. The molecule has 24 heavy (non-hydrogen) atoms. The molecule has 0 radical (unpaired) electrons. The van der Waals surface area contributed by atoms with E-state index >= 15 is 0 Å². The predicted octanol–water partition coefficient (Wildman–Crippen LogP) is 6.26. The molecule has 0 saturated carbocycles. The summed E-state index contributed by atoms with van der Waals surface area (Å²) in [7, 11) is 0. The van der Waals surface area contributed by atoms with Crippen molar-refractivity contribution in [2.45, 2.75) is 105 Å². The number of carbonyl (C=O) groups is 2. The van der Waals surface area contributed by atoms with Crippen LogP contribution in [-0.4, -0.2) is 16.2 Å². The van der Waals surface area contributed by atoms with Gasteiger partial charge in [0.25, 0.3) is 0 Å². The Hall–Kier alpha value is -0.510. The van der Waals surface area contributed by atoms with Crippen molar-refractivity contribution in [3.05, 3.63) is 0 Å². The lowest BCUT2D eigenvalue weighted by atomic mass is 9.55. The lowest BCUT2D eigenvalue weighted by Gasteiger charge is -2.47. The molecule has 3 nitrogen and oxygen atoms in total. The lowest BCUT2D eigenvalue weighted by Crippen LogP contribution is -2.51. The summed E-state index contributed by atoms with van der Waals surface area (Å²) in [4.78, 5) is 25.3. The molecule has 142 valence electrons. The van der Waals surface area contributed by atoms with Gasteiger partial charge in [-0.15, -0.1) is 12.6 Å². The van der Waals surface area contributed by atoms with Gasteiger partial charge in [-0.1, -0.05) is 79.1 Å². The zero-order valence-corrected chi connectivity index (χ0v) is 17.1. The number of rotatable bonds is 15. The summed E-state index contributed by atoms with van der Waals surface area (Å²) in [6.45, 7) is 8.34. The van der Waals surface area contributed by atoms with Crippen molar-refractivity contribution in [2.75, 3.05) is 0 Å². The van der Waals surface area contributed by atoms with Crippen LogP contribution in [0, 0.1) is 10.8 Å². The SMILES string of the molecule is CCCCC(CCCC)(C(=O)O)C(CCCC)(CCCC)C(=O)S. The second kappa shape index (κ2) is 11.9. The number of carboxylic acid groups (broad SMARTS) is 1. The van der Waals surface area contributed by atoms with Gasteiger partial charge < -0.3 is 5.11 Å². The molecule has 0 aliphatic carbocycles. The van der Waals surface area contributed by atoms with Gasteiger partial charge in [0.05, 0.1) is 10.8 Å². The highest BCUT2D eigenvalue weighted by molar-refractivity contribution is 7.96. The van der Waals surface area contributed by atoms with E-state index in [1.807, 2.05) is 0 Å². The van der Waals surface area contributed by atoms with Crippen LogP contribution >= 0.6 is 12.6 Å². The van der Waals surface area contributed by atoms with Crippen LogP contribution in [0.3, 0.4) is 0 Å². The fourth-order valence-electron chi connectivity index (χ4n) is 3.96. The minimum atomic E-state index is -0.970. The number of unbranched alkanes of at least 4 members (excludes halogenated alkanes) is 4. The third kappa shape index (κ3) is 5.50. The van der Waals surface area contributed by atoms with E-state index in [1.165, 1.54) is 0 Å². The molecule has 1 N–H and O–H groups in total. The van der Waals surface area contributed by atoms with E-state index in [0.717, 1.165) is 51.4 Å². The first-order valence-electron chi connectivity index (χ1n) is 9.85. The van der Waals surface area contributed by atoms with Gasteiger partial charge in [-0.25, -0.2) is 0 Å². The van der Waals surface area contributed by atoms with E-state index in [0.29, 0.717) is 25.7 Å². The molecule has 0 bridgehead atoms. The molecule has 0 saturated heterocycles. The largest absolute Gasteiger partial charge is 0.481 e. The molecule has 0 aromatic carbocycles. The Morgan fingerprint density at radius 1 is 0.708 bits per heavy atom. The zero-order valence-electron chi connectivity index (χ0n) is 16.2. The van der Waals surface area contributed by atoms with Crippen LogP contribution in [0.1, 0.15) is 105 Å². The molecular weight excluding hydrogens is 320 g/mol. The third-order valence-electron chi connectivity index (χ3n) is 5.56. The van der Waals surface area contributed by atoms with Gasteiger partial charge in [0.2, 0.25) is 0 Å². The van der Waals surface area contributed by atoms with Crippen LogP contribution < -0.4 is 0 Å². The molecule has 0 atom stereocenters. The third-order valence-corrected chi connectivity index (χ3v) is 5.99. The summed E-state index contributed by atoms with van der Waals surface area (Å²) >= 11 is 4.25. The summed E-state index contributed by atoms with van der Waals surface area (Å²) < 4.78 is 0. The van der Waals surface area contributed by atoms with Gasteiger partial charge in [-0.2, -0.15) is 0 Å². The topological polar surface area (TPSA) is 54.4 Å². The quantitative estimate of drug-likeness (QED) is 0.340. The predicted molar refractivity (Wildman–Crippen MR) is 105 cm³/mol. The van der Waals surface area contributed by atoms with E-state index in [-0.39, 0.29) is 5.12 Å². The number of carbonyl (C=O) groups excluding carboxylic acids is 1. The van der Waals surface area contributed by atoms with E-state index in [1.54, 1.807) is 0 Å². The fraction of sp³-hybridized carbons (Fsp3) is 0.900. The Balaban J connectivity index is 6.13. The molecule has 4 heteroatoms. The van der Waals surface area contributed by atoms with E-state index in [9.17, 15) is 14.7 Å². The van der Waals surface area contributed by atoms with Gasteiger partial charge in [0.15, 0.2) is 5.12 Å². The molecule has 0 spiro atoms. The van der Waals surface area contributed by atoms with Gasteiger partial charge >= 0.3 is 5.97 Å². The Morgan fingerprint density at radius 2 is 1.00 bits per heavy atom. The Morgan fingerprint density at radius 3 is 1.21 bits per heavy atom. The van der Waals surface area contributed by atoms with Gasteiger partial charge in [0, 0.05) is 0 Å². The molecule has 0 fully saturated rings. The second-order valence-electron chi connectivity index (χ2n) is 7.19. The molecule has 0 rings (SSSR count). The molecule has 0 unspecified atom stereocenters. The second-order valence-corrected chi connectivity index (χ2v) is 7.59. The van der Waals surface area contributed by atoms with Crippen LogP contribution in [0.4, 0.5) is 0 Å². The van der Waals surface area contributed by atoms with Gasteiger partial charge in [-0.3, -0.25) is 9.59 Å². The van der Waals surface area contributed by atoms with Crippen LogP contribution in [0.5, 0.6) is 0 Å². The highest BCUT2D eigenvalue weighted by Gasteiger charge is 2.57. The summed E-state index contributed by atoms with van der Waals surface area (Å²) in [5, 5.41) is 10.1. The average Bonchev–Trinajstić information content (AvgIpc) is 2.55. The number of carboxylic acids is 1. The minimum absolute atomic E-state index is 0.209. The van der Waals surface area contributed by atoms with E-state index in [4.69, 9.17) is 0 Å². The van der Waals surface area contributed by atoms with Crippen LogP contribution in [0.2, 0.25) is 0 Å². The maximum Gasteiger partial charge on any atom is 0.310 e. The van der Waals surface area contributed by atoms with Crippen molar-refractivity contribution in [2.24, 2.45) is 10.8 Å². The van der Waals surface area contributed by atoms with Gasteiger partial charge in [0.1, 0.15) is 0 Å². The number of hydrogen-bond donors (Lipinski definition) is 2. The van der Waals surface area contributed by atoms with Gasteiger partial charge in [-0.05, 0) is 25.7 Å². The number of thiol groups is 1. The fourth-order valence-corrected chi connectivity index (χ4v) is 4.40. The van der Waals surface area contributed by atoms with Crippen molar-refractivity contribution in [3.8, 4) is 0 Å². The van der Waals surface area contributed by atoms with Crippen molar-refractivity contribution in [1.82, 2.24) is 0 Å². The van der Waals surface area contributed by atoms with E-state index in [2.05, 4.69) is 40.3 Å². The molecule has 0 aliphatic heterocycles. The number of aliphatic carboxylic acids is 1. The molecule has 0 heterocycles. The molecule has 0 amide bonds. The summed E-state index contributed by atoms with van der Waals surface area (Å²) in [5.74, 6) is -0.793. The summed E-state index contributed by atoms with van der Waals surface area (Å²) in [6.07, 6.45) is 9.71. The summed E-state index contributed by atoms with van der Waals surface area (Å²) in [6, 6.07) is 0. The first-order chi connectivity index (χ1) is 11.4. The molecule has 0 aromatic heterocycles. The monoisotopic (exact) mass is 358 g/mol. The van der Waals surface area contributed by atoms with Crippen molar-refractivity contribution in [1.29, 1.82) is 0 Å². The maximum absolute atomic E-state index is 12.8. The van der Waals surface area contributed by atoms with Crippen molar-refractivity contribution >= 4 is 23.7 Å². The zero-order chi connectivity index (χ0) is 18.6. The Labute approximate surface area is 154 Å². The molecule has 0 aliphatic rings. The molecule has 0 aromatic rings. The van der Waals surface area contributed by atoms with Crippen molar-refractivity contribution in [3.63, 3.8) is 0 Å². The normalized spacial score (nSPS) is 12.4. The first kappa shape index (κ1) is 23.5. The number of hydrogen-bond acceptors (Lipinski definition) is 2. The average molecular weight is 359 g/mol. The maximum atomic E-state index is 12.8. The van der Waals surface area contributed by atoms with Crippen molar-refractivity contribution < 1.29 is 14.7 Å². The Kier molecular flexibility index (Phi) is 11.7. The first-order valence-corrected chi connectivity index (χ1v) is 10.3. The highest BCUT2D eigenvalue weighted by atomic mass is 32.1. The smallest absolute Gasteiger partial charge is 0.310 e. The Bertz CT molecular complexity index is 327. The molecular formula is C20H38O3S.